The monoisotopic (exact) mass is 411 g/mol. The number of benzene rings is 4. The van der Waals surface area contributed by atoms with Crippen LogP contribution >= 0.6 is 7.14 Å². The Balaban J connectivity index is 1.71. The van der Waals surface area contributed by atoms with Gasteiger partial charge in [-0.2, -0.15) is 0 Å². The van der Waals surface area contributed by atoms with E-state index in [1.165, 1.54) is 11.1 Å². The van der Waals surface area contributed by atoms with E-state index in [0.717, 1.165) is 23.7 Å². The van der Waals surface area contributed by atoms with E-state index >= 15 is 0 Å². The Hall–Kier alpha value is -2.93. The highest BCUT2D eigenvalue weighted by Crippen LogP contribution is 2.44. The molecule has 0 saturated carbocycles. The van der Waals surface area contributed by atoms with Crippen LogP contribution in [0.5, 0.6) is 0 Å². The molecule has 4 rings (SSSR count). The summed E-state index contributed by atoms with van der Waals surface area (Å²) in [5, 5.41) is 1.81. The molecule has 30 heavy (non-hydrogen) atoms. The lowest BCUT2D eigenvalue weighted by molar-refractivity contribution is 0.298. The second kappa shape index (κ2) is 9.71. The van der Waals surface area contributed by atoms with E-state index in [-0.39, 0.29) is 0 Å². The minimum atomic E-state index is -2.83. The van der Waals surface area contributed by atoms with Gasteiger partial charge in [0.15, 0.2) is 7.14 Å². The second-order valence-electron chi connectivity index (χ2n) is 7.51. The van der Waals surface area contributed by atoms with Crippen LogP contribution in [0.1, 0.15) is 11.1 Å². The molecular formula is C27H26NOP. The quantitative estimate of drug-likeness (QED) is 0.349. The molecule has 0 fully saturated rings. The van der Waals surface area contributed by atoms with Crippen LogP contribution in [0.3, 0.4) is 0 Å². The first kappa shape index (κ1) is 20.3. The van der Waals surface area contributed by atoms with Crippen LogP contribution in [-0.2, 0) is 17.7 Å². The SMILES string of the molecule is O=P(CN(Cc1ccccc1)Cc1ccccc1)(c1ccccc1)c1ccccc1. The lowest BCUT2D eigenvalue weighted by Crippen LogP contribution is -2.30. The molecule has 0 heterocycles. The second-order valence-corrected chi connectivity index (χ2v) is 10.3. The van der Waals surface area contributed by atoms with Gasteiger partial charge in [-0.05, 0) is 11.1 Å². The molecule has 0 atom stereocenters. The maximum Gasteiger partial charge on any atom is 0.156 e. The molecule has 0 spiro atoms. The zero-order chi connectivity index (χ0) is 20.7. The minimum Gasteiger partial charge on any atom is -0.312 e. The van der Waals surface area contributed by atoms with Crippen LogP contribution < -0.4 is 10.6 Å². The zero-order valence-corrected chi connectivity index (χ0v) is 17.9. The lowest BCUT2D eigenvalue weighted by Gasteiger charge is -2.29. The average Bonchev–Trinajstić information content (AvgIpc) is 2.81. The molecule has 0 bridgehead atoms. The van der Waals surface area contributed by atoms with Crippen molar-refractivity contribution in [2.75, 3.05) is 6.29 Å². The molecule has 0 saturated heterocycles. The van der Waals surface area contributed by atoms with Gasteiger partial charge in [-0.25, -0.2) is 0 Å². The van der Waals surface area contributed by atoms with Crippen LogP contribution in [0, 0.1) is 0 Å². The fraction of sp³-hybridized carbons (Fsp3) is 0.111. The van der Waals surface area contributed by atoms with Gasteiger partial charge >= 0.3 is 0 Å². The topological polar surface area (TPSA) is 20.3 Å². The maximum atomic E-state index is 14.6. The maximum absolute atomic E-state index is 14.6. The van der Waals surface area contributed by atoms with Crippen LogP contribution in [0.2, 0.25) is 0 Å². The Kier molecular flexibility index (Phi) is 6.59. The lowest BCUT2D eigenvalue weighted by atomic mass is 10.2. The predicted molar refractivity (Wildman–Crippen MR) is 127 cm³/mol. The predicted octanol–water partition coefficient (Wildman–Crippen LogP) is 5.66. The molecule has 4 aromatic rings. The summed E-state index contributed by atoms with van der Waals surface area (Å²) >= 11 is 0. The molecule has 0 unspecified atom stereocenters. The smallest absolute Gasteiger partial charge is 0.156 e. The first-order chi connectivity index (χ1) is 14.7. The molecule has 3 heteroatoms. The van der Waals surface area contributed by atoms with Gasteiger partial charge in [-0.1, -0.05) is 121 Å². The first-order valence-corrected chi connectivity index (χ1v) is 12.1. The van der Waals surface area contributed by atoms with Gasteiger partial charge in [-0.3, -0.25) is 4.90 Å². The van der Waals surface area contributed by atoms with Crippen LogP contribution in [-0.4, -0.2) is 11.2 Å². The number of nitrogens with zero attached hydrogens (tertiary/aromatic N) is 1. The highest BCUT2D eigenvalue weighted by molar-refractivity contribution is 7.78. The van der Waals surface area contributed by atoms with Crippen LogP contribution in [0.15, 0.2) is 121 Å². The van der Waals surface area contributed by atoms with Gasteiger partial charge in [0.05, 0.1) is 6.29 Å². The third-order valence-corrected chi connectivity index (χ3v) is 8.31. The standard InChI is InChI=1S/C27H26NOP/c29-30(26-17-9-3-10-18-26,27-19-11-4-12-20-27)23-28(21-24-13-5-1-6-14-24)22-25-15-7-2-8-16-25/h1-20H,21-23H2. The molecule has 0 aliphatic carbocycles. The molecule has 150 valence electrons. The van der Waals surface area contributed by atoms with E-state index < -0.39 is 7.14 Å². The number of rotatable bonds is 8. The minimum absolute atomic E-state index is 0.491. The van der Waals surface area contributed by atoms with Crippen molar-refractivity contribution in [3.8, 4) is 0 Å². The third kappa shape index (κ3) is 4.97. The zero-order valence-electron chi connectivity index (χ0n) is 17.0. The van der Waals surface area contributed by atoms with Crippen LogP contribution in [0.4, 0.5) is 0 Å². The van der Waals surface area contributed by atoms with Gasteiger partial charge in [0.2, 0.25) is 0 Å². The normalized spacial score (nSPS) is 11.5. The Labute approximate surface area is 179 Å². The Morgan fingerprint density at radius 3 is 1.20 bits per heavy atom. The molecular weight excluding hydrogens is 385 g/mol. The van der Waals surface area contributed by atoms with Crippen molar-refractivity contribution in [1.29, 1.82) is 0 Å². The van der Waals surface area contributed by atoms with Crippen molar-refractivity contribution >= 4 is 17.8 Å². The van der Waals surface area contributed by atoms with E-state index in [0.29, 0.717) is 6.29 Å². The highest BCUT2D eigenvalue weighted by Gasteiger charge is 2.29. The average molecular weight is 411 g/mol. The van der Waals surface area contributed by atoms with E-state index in [2.05, 4.69) is 53.4 Å². The summed E-state index contributed by atoms with van der Waals surface area (Å²) in [5.41, 5.74) is 2.45. The van der Waals surface area contributed by atoms with Gasteiger partial charge in [-0.15, -0.1) is 0 Å². The fourth-order valence-corrected chi connectivity index (χ4v) is 6.47. The van der Waals surface area contributed by atoms with Crippen molar-refractivity contribution in [3.63, 3.8) is 0 Å². The van der Waals surface area contributed by atoms with Gasteiger partial charge in [0.25, 0.3) is 0 Å². The molecule has 4 aromatic carbocycles. The molecule has 0 aliphatic rings. The summed E-state index contributed by atoms with van der Waals surface area (Å²) in [7, 11) is -2.83. The van der Waals surface area contributed by atoms with Gasteiger partial charge in [0.1, 0.15) is 0 Å². The number of hydrogen-bond acceptors (Lipinski definition) is 2. The molecule has 0 N–H and O–H groups in total. The molecule has 0 aromatic heterocycles. The molecule has 0 aliphatic heterocycles. The largest absolute Gasteiger partial charge is 0.312 e. The Morgan fingerprint density at radius 2 is 0.833 bits per heavy atom. The highest BCUT2D eigenvalue weighted by atomic mass is 31.2. The van der Waals surface area contributed by atoms with Crippen LogP contribution in [0.25, 0.3) is 0 Å². The Bertz CT molecular complexity index is 998. The van der Waals surface area contributed by atoms with Gasteiger partial charge < -0.3 is 4.57 Å². The summed E-state index contributed by atoms with van der Waals surface area (Å²) in [5.74, 6) is 0. The van der Waals surface area contributed by atoms with Gasteiger partial charge in [0, 0.05) is 23.7 Å². The number of hydrogen-bond donors (Lipinski definition) is 0. The van der Waals surface area contributed by atoms with Crippen molar-refractivity contribution in [3.05, 3.63) is 132 Å². The van der Waals surface area contributed by atoms with E-state index in [9.17, 15) is 4.57 Å². The summed E-state index contributed by atoms with van der Waals surface area (Å²) in [6.07, 6.45) is 0.491. The molecule has 0 radical (unpaired) electrons. The van der Waals surface area contributed by atoms with Crippen molar-refractivity contribution < 1.29 is 4.57 Å². The van der Waals surface area contributed by atoms with E-state index in [4.69, 9.17) is 0 Å². The van der Waals surface area contributed by atoms with Crippen molar-refractivity contribution in [2.24, 2.45) is 0 Å². The van der Waals surface area contributed by atoms with Crippen molar-refractivity contribution in [2.45, 2.75) is 13.1 Å². The fourth-order valence-electron chi connectivity index (χ4n) is 3.77. The third-order valence-electron chi connectivity index (χ3n) is 5.24. The molecule has 0 amide bonds. The van der Waals surface area contributed by atoms with E-state index in [1.807, 2.05) is 72.8 Å². The molecule has 2 nitrogen and oxygen atoms in total. The summed E-state index contributed by atoms with van der Waals surface area (Å²) in [4.78, 5) is 2.31. The summed E-state index contributed by atoms with van der Waals surface area (Å²) in [6, 6.07) is 40.7. The Morgan fingerprint density at radius 1 is 0.500 bits per heavy atom. The summed E-state index contributed by atoms with van der Waals surface area (Å²) < 4.78 is 14.6. The first-order valence-electron chi connectivity index (χ1n) is 10.2. The van der Waals surface area contributed by atoms with E-state index in [1.54, 1.807) is 0 Å². The van der Waals surface area contributed by atoms with Crippen molar-refractivity contribution in [1.82, 2.24) is 4.90 Å². The summed E-state index contributed by atoms with van der Waals surface area (Å²) in [6.45, 7) is 1.50.